The van der Waals surface area contributed by atoms with Crippen molar-refractivity contribution >= 4 is 29.4 Å². The fourth-order valence-electron chi connectivity index (χ4n) is 2.78. The Morgan fingerprint density at radius 2 is 1.93 bits per heavy atom. The molecule has 8 heteroatoms. The van der Waals surface area contributed by atoms with E-state index in [-0.39, 0.29) is 11.5 Å². The Kier molecular flexibility index (Phi) is 9.26. The average molecular weight is 434 g/mol. The van der Waals surface area contributed by atoms with E-state index in [0.29, 0.717) is 19.0 Å². The molecule has 0 radical (unpaired) electrons. The maximum absolute atomic E-state index is 11.0. The maximum atomic E-state index is 11.0. The van der Waals surface area contributed by atoms with Gasteiger partial charge in [0.1, 0.15) is 18.0 Å². The molecule has 0 saturated carbocycles. The summed E-state index contributed by atoms with van der Waals surface area (Å²) in [6.07, 6.45) is 2.33. The number of hydrogen-bond acceptors (Lipinski definition) is 7. The first-order valence-electron chi connectivity index (χ1n) is 10.0. The number of amides is 1. The van der Waals surface area contributed by atoms with E-state index in [1.165, 1.54) is 24.8 Å². The summed E-state index contributed by atoms with van der Waals surface area (Å²) in [6, 6.07) is 7.37. The highest BCUT2D eigenvalue weighted by Crippen LogP contribution is 2.28. The number of carbonyl (C=O) groups excluding carboxylic acids is 2. The number of benzene rings is 1. The molecule has 0 aliphatic carbocycles. The van der Waals surface area contributed by atoms with Crippen LogP contribution in [0.25, 0.3) is 0 Å². The summed E-state index contributed by atoms with van der Waals surface area (Å²) in [6.45, 7) is 10.0. The summed E-state index contributed by atoms with van der Waals surface area (Å²) >= 11 is 1.73. The second-order valence-corrected chi connectivity index (χ2v) is 8.91. The third kappa shape index (κ3) is 8.92. The third-order valence-corrected chi connectivity index (χ3v) is 5.28. The molecule has 164 valence electrons. The van der Waals surface area contributed by atoms with E-state index < -0.39 is 0 Å². The summed E-state index contributed by atoms with van der Waals surface area (Å²) in [7, 11) is 0. The predicted octanol–water partition coefficient (Wildman–Crippen LogP) is 4.11. The fourth-order valence-corrected chi connectivity index (χ4v) is 3.76. The summed E-state index contributed by atoms with van der Waals surface area (Å²) in [4.78, 5) is 25.3. The number of carbonyl (C=O) groups is 2. The Morgan fingerprint density at radius 1 is 1.27 bits per heavy atom. The van der Waals surface area contributed by atoms with E-state index >= 15 is 0 Å². The van der Waals surface area contributed by atoms with Crippen molar-refractivity contribution in [3.8, 4) is 5.75 Å². The zero-order chi connectivity index (χ0) is 22.0. The van der Waals surface area contributed by atoms with Crippen molar-refractivity contribution < 1.29 is 19.1 Å². The summed E-state index contributed by atoms with van der Waals surface area (Å²) < 4.78 is 10.3. The van der Waals surface area contributed by atoms with Crippen LogP contribution in [0.3, 0.4) is 0 Å². The smallest absolute Gasteiger partial charge is 0.293 e. The minimum absolute atomic E-state index is 0.0772. The van der Waals surface area contributed by atoms with Gasteiger partial charge < -0.3 is 20.1 Å². The van der Waals surface area contributed by atoms with Crippen LogP contribution < -0.4 is 15.4 Å². The van der Waals surface area contributed by atoms with Crippen LogP contribution in [0, 0.1) is 0 Å². The van der Waals surface area contributed by atoms with Gasteiger partial charge in [0, 0.05) is 23.9 Å². The van der Waals surface area contributed by atoms with Gasteiger partial charge in [0.2, 0.25) is 5.91 Å². The predicted molar refractivity (Wildman–Crippen MR) is 119 cm³/mol. The molecule has 1 fully saturated rings. The van der Waals surface area contributed by atoms with Crippen LogP contribution in [0.2, 0.25) is 0 Å². The molecule has 1 aliphatic rings. The highest BCUT2D eigenvalue weighted by atomic mass is 32.1. The second-order valence-electron chi connectivity index (χ2n) is 8.02. The highest BCUT2D eigenvalue weighted by molar-refractivity contribution is 7.09. The number of anilines is 1. The lowest BCUT2D eigenvalue weighted by Crippen LogP contribution is -2.26. The quantitative estimate of drug-likeness (QED) is 0.667. The molecule has 2 heterocycles. The van der Waals surface area contributed by atoms with Gasteiger partial charge in [-0.3, -0.25) is 9.59 Å². The number of aromatic nitrogens is 1. The van der Waals surface area contributed by atoms with E-state index in [1.54, 1.807) is 11.3 Å². The van der Waals surface area contributed by atoms with E-state index in [2.05, 4.69) is 20.8 Å². The Morgan fingerprint density at radius 3 is 2.47 bits per heavy atom. The van der Waals surface area contributed by atoms with E-state index in [9.17, 15) is 9.59 Å². The van der Waals surface area contributed by atoms with Crippen LogP contribution in [-0.2, 0) is 20.9 Å². The number of ether oxygens (including phenoxy) is 2. The summed E-state index contributed by atoms with van der Waals surface area (Å²) in [5.41, 5.74) is 1.43. The Hall–Kier alpha value is -2.45. The lowest BCUT2D eigenvalue weighted by Gasteiger charge is -2.20. The molecule has 1 aliphatic heterocycles. The Bertz CT molecular complexity index is 793. The Labute approximate surface area is 182 Å². The molecule has 7 nitrogen and oxygen atoms in total. The molecule has 0 atom stereocenters. The molecule has 2 aromatic rings. The van der Waals surface area contributed by atoms with Crippen LogP contribution in [0.5, 0.6) is 5.75 Å². The van der Waals surface area contributed by atoms with Gasteiger partial charge in [-0.15, -0.1) is 11.3 Å². The van der Waals surface area contributed by atoms with Crippen LogP contribution in [-0.4, -0.2) is 36.1 Å². The topological polar surface area (TPSA) is 89.6 Å². The molecular weight excluding hydrogens is 402 g/mol. The lowest BCUT2D eigenvalue weighted by atomic mass is 9.99. The molecule has 1 amide bonds. The number of nitrogens with one attached hydrogen (secondary N) is 2. The largest absolute Gasteiger partial charge is 0.487 e. The van der Waals surface area contributed by atoms with Gasteiger partial charge in [-0.2, -0.15) is 0 Å². The average Bonchev–Trinajstić information content (AvgIpc) is 3.16. The third-order valence-electron chi connectivity index (χ3n) is 4.22. The van der Waals surface area contributed by atoms with Crippen LogP contribution in [0.15, 0.2) is 29.6 Å². The normalized spacial score (nSPS) is 14.3. The summed E-state index contributed by atoms with van der Waals surface area (Å²) in [5.74, 6) is 1.29. The number of rotatable bonds is 6. The molecule has 1 aromatic carbocycles. The molecule has 0 spiro atoms. The van der Waals surface area contributed by atoms with Crippen molar-refractivity contribution in [3.63, 3.8) is 0 Å². The molecule has 0 unspecified atom stereocenters. The van der Waals surface area contributed by atoms with E-state index in [0.717, 1.165) is 30.2 Å². The van der Waals surface area contributed by atoms with Crippen LogP contribution >= 0.6 is 11.3 Å². The van der Waals surface area contributed by atoms with Gasteiger partial charge in [0.05, 0.1) is 10.7 Å². The first-order chi connectivity index (χ1) is 14.3. The van der Waals surface area contributed by atoms with Gasteiger partial charge in [0.15, 0.2) is 0 Å². The number of hydrogen-bond donors (Lipinski definition) is 2. The van der Waals surface area contributed by atoms with Gasteiger partial charge in [-0.05, 0) is 71.0 Å². The first-order valence-corrected chi connectivity index (χ1v) is 10.9. The van der Waals surface area contributed by atoms with Gasteiger partial charge >= 0.3 is 0 Å². The van der Waals surface area contributed by atoms with Crippen molar-refractivity contribution in [1.82, 2.24) is 10.3 Å². The molecule has 30 heavy (non-hydrogen) atoms. The molecule has 3 rings (SSSR count). The highest BCUT2D eigenvalue weighted by Gasteiger charge is 2.18. The van der Waals surface area contributed by atoms with Gasteiger partial charge in [-0.1, -0.05) is 0 Å². The van der Waals surface area contributed by atoms with Crippen molar-refractivity contribution in [2.75, 3.05) is 18.4 Å². The van der Waals surface area contributed by atoms with Crippen LogP contribution in [0.1, 0.15) is 57.2 Å². The molecule has 1 saturated heterocycles. The first kappa shape index (κ1) is 23.8. The zero-order valence-electron chi connectivity index (χ0n) is 18.1. The molecule has 1 aromatic heterocycles. The van der Waals surface area contributed by atoms with Crippen molar-refractivity contribution in [3.05, 3.63) is 40.3 Å². The molecule has 2 N–H and O–H groups in total. The second kappa shape index (κ2) is 11.7. The number of thiazole rings is 1. The van der Waals surface area contributed by atoms with Crippen molar-refractivity contribution in [2.24, 2.45) is 0 Å². The number of piperidine rings is 1. The Balaban J connectivity index is 0.000000396. The van der Waals surface area contributed by atoms with Gasteiger partial charge in [0.25, 0.3) is 6.47 Å². The van der Waals surface area contributed by atoms with E-state index in [1.807, 2.05) is 45.0 Å². The maximum Gasteiger partial charge on any atom is 0.293 e. The van der Waals surface area contributed by atoms with Crippen LogP contribution in [0.4, 0.5) is 5.69 Å². The lowest BCUT2D eigenvalue weighted by molar-refractivity contribution is -0.138. The van der Waals surface area contributed by atoms with E-state index in [4.69, 9.17) is 9.72 Å². The van der Waals surface area contributed by atoms with Crippen molar-refractivity contribution in [1.29, 1.82) is 0 Å². The number of nitrogens with zero attached hydrogens (tertiary/aromatic N) is 1. The molecule has 0 bridgehead atoms. The fraction of sp³-hybridized carbons (Fsp3) is 0.500. The SMILES string of the molecule is CC(=O)Nc1ccc(OCc2csc(C3CCNCC3)n2)cc1.CC(C)(C)OC=O. The molecular formula is C22H31N3O4S. The summed E-state index contributed by atoms with van der Waals surface area (Å²) in [5, 5.41) is 9.43. The van der Waals surface area contributed by atoms with Gasteiger partial charge in [-0.25, -0.2) is 4.98 Å². The zero-order valence-corrected chi connectivity index (χ0v) is 18.9. The van der Waals surface area contributed by atoms with Crippen molar-refractivity contribution in [2.45, 2.75) is 58.7 Å². The minimum Gasteiger partial charge on any atom is -0.487 e. The standard InChI is InChI=1S/C17H21N3O2S.C5H10O2/c1-12(21)19-14-2-4-16(5-3-14)22-10-15-11-23-17(20-15)13-6-8-18-9-7-13;1-5(2,3)7-4-6/h2-5,11,13,18H,6-10H2,1H3,(H,19,21);4H,1-3H3. The monoisotopic (exact) mass is 433 g/mol. The minimum atomic E-state index is -0.318.